The number of hydrogen-bond donors (Lipinski definition) is 1. The molecule has 9 heteroatoms. The zero-order valence-corrected chi connectivity index (χ0v) is 19.2. The first-order chi connectivity index (χ1) is 16.1. The second kappa shape index (κ2) is 9.18. The highest BCUT2D eigenvalue weighted by Gasteiger charge is 2.27. The van der Waals surface area contributed by atoms with Crippen LogP contribution in [0.3, 0.4) is 0 Å². The first-order valence-electron chi connectivity index (χ1n) is 10.3. The van der Waals surface area contributed by atoms with Crippen LogP contribution in [0.15, 0.2) is 83.8 Å². The lowest BCUT2D eigenvalue weighted by atomic mass is 9.98. The van der Waals surface area contributed by atoms with E-state index in [0.29, 0.717) is 28.2 Å². The van der Waals surface area contributed by atoms with Crippen molar-refractivity contribution in [1.29, 1.82) is 0 Å². The Bertz CT molecular complexity index is 1430. The van der Waals surface area contributed by atoms with Gasteiger partial charge in [0.25, 0.3) is 6.43 Å². The van der Waals surface area contributed by atoms with Gasteiger partial charge in [-0.1, -0.05) is 42.5 Å². The van der Waals surface area contributed by atoms with Crippen molar-refractivity contribution >= 4 is 21.4 Å². The van der Waals surface area contributed by atoms with Crippen LogP contribution in [0.5, 0.6) is 0 Å². The van der Waals surface area contributed by atoms with Crippen LogP contribution >= 0.6 is 0 Å². The Morgan fingerprint density at radius 1 is 0.912 bits per heavy atom. The Labute approximate surface area is 195 Å². The van der Waals surface area contributed by atoms with Gasteiger partial charge in [0.15, 0.2) is 9.84 Å². The lowest BCUT2D eigenvalue weighted by Crippen LogP contribution is -2.06. The minimum absolute atomic E-state index is 0.123. The van der Waals surface area contributed by atoms with Crippen LogP contribution in [0.1, 0.15) is 19.0 Å². The maximum Gasteiger partial charge on any atom is 0.282 e. The molecule has 1 aromatic heterocycles. The highest BCUT2D eigenvalue weighted by Crippen LogP contribution is 2.40. The fraction of sp³-hybridized carbons (Fsp3) is 0.120. The average Bonchev–Trinajstić information content (AvgIpc) is 3.20. The number of hydrogen-bond acceptors (Lipinski definition) is 4. The van der Waals surface area contributed by atoms with Crippen molar-refractivity contribution in [2.75, 3.05) is 11.6 Å². The molecule has 1 N–H and O–H groups in total. The fourth-order valence-corrected chi connectivity index (χ4v) is 4.31. The first-order valence-corrected chi connectivity index (χ1v) is 12.2. The van der Waals surface area contributed by atoms with Crippen LogP contribution in [0.2, 0.25) is 0 Å². The second-order valence-corrected chi connectivity index (χ2v) is 9.73. The normalized spacial score (nSPS) is 11.6. The number of benzene rings is 3. The molecule has 34 heavy (non-hydrogen) atoms. The molecule has 0 unspecified atom stereocenters. The molecule has 3 aromatic carbocycles. The van der Waals surface area contributed by atoms with E-state index in [4.69, 9.17) is 0 Å². The van der Waals surface area contributed by atoms with E-state index in [2.05, 4.69) is 10.4 Å². The van der Waals surface area contributed by atoms with Gasteiger partial charge in [0.1, 0.15) is 5.69 Å². The summed E-state index contributed by atoms with van der Waals surface area (Å²) in [5.74, 6) is -0.232. The molecule has 0 radical (unpaired) electrons. The molecule has 0 fully saturated rings. The quantitative estimate of drug-likeness (QED) is 0.394. The molecule has 174 valence electrons. The molecular formula is C25H21F2N3O3S. The molecule has 0 aliphatic carbocycles. The maximum absolute atomic E-state index is 14.2. The fourth-order valence-electron chi connectivity index (χ4n) is 3.68. The van der Waals surface area contributed by atoms with Crippen LogP contribution in [-0.4, -0.2) is 30.4 Å². The minimum atomic E-state index is -3.43. The summed E-state index contributed by atoms with van der Waals surface area (Å²) in [5.41, 5.74) is 2.40. The smallest absolute Gasteiger partial charge is 0.282 e. The molecule has 4 rings (SSSR count). The van der Waals surface area contributed by atoms with Gasteiger partial charge in [-0.2, -0.15) is 5.10 Å². The summed E-state index contributed by atoms with van der Waals surface area (Å²) >= 11 is 0. The van der Waals surface area contributed by atoms with Gasteiger partial charge in [-0.15, -0.1) is 0 Å². The van der Waals surface area contributed by atoms with E-state index in [1.54, 1.807) is 66.7 Å². The van der Waals surface area contributed by atoms with Crippen molar-refractivity contribution in [3.05, 3.63) is 84.6 Å². The van der Waals surface area contributed by atoms with Gasteiger partial charge in [0, 0.05) is 30.0 Å². The van der Waals surface area contributed by atoms with E-state index in [1.165, 1.54) is 23.7 Å². The zero-order valence-electron chi connectivity index (χ0n) is 18.4. The topological polar surface area (TPSA) is 81.1 Å². The number of aromatic nitrogens is 2. The SMILES string of the molecule is CC(=O)Nc1ccc(-n2nc(C(F)F)c(-c3ccccc3)c2-c2ccc(S(C)(=O)=O)cc2)cc1. The number of sulfone groups is 1. The predicted molar refractivity (Wildman–Crippen MR) is 127 cm³/mol. The Kier molecular flexibility index (Phi) is 6.30. The number of amides is 1. The van der Waals surface area contributed by atoms with Crippen molar-refractivity contribution in [2.45, 2.75) is 18.2 Å². The van der Waals surface area contributed by atoms with Crippen LogP contribution in [0.25, 0.3) is 28.1 Å². The summed E-state index contributed by atoms with van der Waals surface area (Å²) in [5, 5.41) is 6.92. The van der Waals surface area contributed by atoms with Gasteiger partial charge in [0.05, 0.1) is 16.3 Å². The maximum atomic E-state index is 14.2. The largest absolute Gasteiger partial charge is 0.326 e. The number of carbonyl (C=O) groups excluding carboxylic acids is 1. The number of nitrogens with one attached hydrogen (secondary N) is 1. The number of nitrogens with zero attached hydrogens (tertiary/aromatic N) is 2. The van der Waals surface area contributed by atoms with Crippen LogP contribution in [0.4, 0.5) is 14.5 Å². The number of anilines is 1. The molecule has 1 amide bonds. The summed E-state index contributed by atoms with van der Waals surface area (Å²) < 4.78 is 53.6. The molecule has 0 saturated heterocycles. The first kappa shape index (κ1) is 23.3. The lowest BCUT2D eigenvalue weighted by molar-refractivity contribution is -0.114. The van der Waals surface area contributed by atoms with E-state index in [1.807, 2.05) is 0 Å². The van der Waals surface area contributed by atoms with Crippen LogP contribution in [0, 0.1) is 0 Å². The number of alkyl halides is 2. The van der Waals surface area contributed by atoms with E-state index in [-0.39, 0.29) is 22.1 Å². The molecule has 4 aromatic rings. The number of rotatable bonds is 6. The molecule has 1 heterocycles. The average molecular weight is 482 g/mol. The van der Waals surface area contributed by atoms with Gasteiger partial charge in [-0.25, -0.2) is 21.9 Å². The Morgan fingerprint density at radius 3 is 2.06 bits per heavy atom. The Morgan fingerprint density at radius 2 is 1.53 bits per heavy atom. The van der Waals surface area contributed by atoms with E-state index in [0.717, 1.165) is 6.26 Å². The van der Waals surface area contributed by atoms with Gasteiger partial charge in [-0.3, -0.25) is 4.79 Å². The summed E-state index contributed by atoms with van der Waals surface area (Å²) in [6.07, 6.45) is -1.74. The molecule has 0 aliphatic heterocycles. The van der Waals surface area contributed by atoms with Gasteiger partial charge >= 0.3 is 0 Å². The van der Waals surface area contributed by atoms with Crippen molar-refractivity contribution in [3.8, 4) is 28.1 Å². The van der Waals surface area contributed by atoms with Crippen molar-refractivity contribution in [1.82, 2.24) is 9.78 Å². The molecule has 0 aliphatic rings. The van der Waals surface area contributed by atoms with Crippen molar-refractivity contribution in [3.63, 3.8) is 0 Å². The summed E-state index contributed by atoms with van der Waals surface area (Å²) in [6, 6.07) is 21.4. The second-order valence-electron chi connectivity index (χ2n) is 7.71. The number of carbonyl (C=O) groups is 1. The summed E-state index contributed by atoms with van der Waals surface area (Å²) in [4.78, 5) is 11.5. The third-order valence-corrected chi connectivity index (χ3v) is 6.30. The van der Waals surface area contributed by atoms with Gasteiger partial charge < -0.3 is 5.32 Å². The summed E-state index contributed by atoms with van der Waals surface area (Å²) in [7, 11) is -3.43. The highest BCUT2D eigenvalue weighted by molar-refractivity contribution is 7.90. The van der Waals surface area contributed by atoms with E-state index < -0.39 is 16.3 Å². The predicted octanol–water partition coefficient (Wildman–Crippen LogP) is 5.51. The molecule has 6 nitrogen and oxygen atoms in total. The monoisotopic (exact) mass is 481 g/mol. The minimum Gasteiger partial charge on any atom is -0.326 e. The highest BCUT2D eigenvalue weighted by atomic mass is 32.2. The molecule has 0 saturated carbocycles. The van der Waals surface area contributed by atoms with Crippen molar-refractivity contribution < 1.29 is 22.0 Å². The Hall–Kier alpha value is -3.85. The van der Waals surface area contributed by atoms with Crippen LogP contribution in [-0.2, 0) is 14.6 Å². The van der Waals surface area contributed by atoms with Gasteiger partial charge in [0.2, 0.25) is 5.91 Å². The molecule has 0 bridgehead atoms. The van der Waals surface area contributed by atoms with Crippen molar-refractivity contribution in [2.24, 2.45) is 0 Å². The zero-order chi connectivity index (χ0) is 24.5. The van der Waals surface area contributed by atoms with E-state index >= 15 is 0 Å². The molecule has 0 atom stereocenters. The lowest BCUT2D eigenvalue weighted by Gasteiger charge is -2.12. The summed E-state index contributed by atoms with van der Waals surface area (Å²) in [6.45, 7) is 1.39. The third-order valence-electron chi connectivity index (χ3n) is 5.17. The number of halogens is 2. The van der Waals surface area contributed by atoms with E-state index in [9.17, 15) is 22.0 Å². The standard InChI is InChI=1S/C25H21F2N3O3S/c1-16(31)28-19-10-12-20(13-11-19)30-24(18-8-14-21(15-9-18)34(2,32)33)22(23(29-30)25(26)27)17-6-4-3-5-7-17/h3-15,25H,1-2H3,(H,28,31). The van der Waals surface area contributed by atoms with Gasteiger partial charge in [-0.05, 0) is 42.0 Å². The van der Waals surface area contributed by atoms with Crippen LogP contribution < -0.4 is 5.32 Å². The third kappa shape index (κ3) is 4.74. The molecular weight excluding hydrogens is 460 g/mol. The molecule has 0 spiro atoms. The Balaban J connectivity index is 1.97.